The van der Waals surface area contributed by atoms with E-state index < -0.39 is 17.7 Å². The number of hydrogen-bond donors (Lipinski definition) is 1. The molecule has 0 aliphatic carbocycles. The maximum atomic E-state index is 13.1. The van der Waals surface area contributed by atoms with Gasteiger partial charge in [0.05, 0.1) is 17.7 Å². The van der Waals surface area contributed by atoms with Crippen LogP contribution in [0.25, 0.3) is 5.76 Å². The Hall–Kier alpha value is -3.32. The number of amides is 1. The summed E-state index contributed by atoms with van der Waals surface area (Å²) in [6.07, 6.45) is 1.62. The molecule has 1 N–H and O–H groups in total. The molecule has 31 heavy (non-hydrogen) atoms. The predicted octanol–water partition coefficient (Wildman–Crippen LogP) is 3.32. The van der Waals surface area contributed by atoms with E-state index in [9.17, 15) is 14.7 Å². The zero-order valence-corrected chi connectivity index (χ0v) is 17.2. The van der Waals surface area contributed by atoms with Crippen molar-refractivity contribution in [3.8, 4) is 11.5 Å². The fraction of sp³-hybridized carbons (Fsp3) is 0.333. The number of aliphatic hydroxyl groups excluding tert-OH is 1. The number of aryl methyl sites for hydroxylation is 1. The lowest BCUT2D eigenvalue weighted by Gasteiger charge is -2.27. The van der Waals surface area contributed by atoms with Crippen molar-refractivity contribution in [1.82, 2.24) is 4.90 Å². The minimum absolute atomic E-state index is 0.0747. The molecular formula is C24H23NO6. The number of likely N-dealkylation sites (tertiary alicyclic amines) is 1. The number of carbonyl (C=O) groups is 2. The lowest BCUT2D eigenvalue weighted by Crippen LogP contribution is -2.36. The van der Waals surface area contributed by atoms with E-state index in [0.29, 0.717) is 29.2 Å². The van der Waals surface area contributed by atoms with E-state index in [4.69, 9.17) is 14.2 Å². The maximum absolute atomic E-state index is 13.1. The molecule has 7 nitrogen and oxygen atoms in total. The second kappa shape index (κ2) is 7.74. The molecular weight excluding hydrogens is 398 g/mol. The number of nitrogens with zero attached hydrogens (tertiary/aromatic N) is 1. The van der Waals surface area contributed by atoms with Gasteiger partial charge in [-0.1, -0.05) is 35.9 Å². The molecule has 3 heterocycles. The summed E-state index contributed by atoms with van der Waals surface area (Å²) in [6, 6.07) is 11.8. The average Bonchev–Trinajstić information content (AvgIpc) is 3.50. The second-order valence-corrected chi connectivity index (χ2v) is 8.07. The fourth-order valence-electron chi connectivity index (χ4n) is 4.37. The number of carbonyl (C=O) groups excluding carboxylic acids is 2. The number of fused-ring (bicyclic) bond motifs is 1. The monoisotopic (exact) mass is 421 g/mol. The highest BCUT2D eigenvalue weighted by Crippen LogP contribution is 2.43. The van der Waals surface area contributed by atoms with E-state index in [2.05, 4.69) is 0 Å². The zero-order valence-electron chi connectivity index (χ0n) is 17.2. The average molecular weight is 421 g/mol. The van der Waals surface area contributed by atoms with Gasteiger partial charge in [0.2, 0.25) is 6.79 Å². The van der Waals surface area contributed by atoms with Gasteiger partial charge in [-0.25, -0.2) is 0 Å². The highest BCUT2D eigenvalue weighted by atomic mass is 16.7. The van der Waals surface area contributed by atoms with Crippen LogP contribution in [0.5, 0.6) is 11.5 Å². The molecule has 0 aromatic heterocycles. The van der Waals surface area contributed by atoms with E-state index in [1.807, 2.05) is 19.1 Å². The van der Waals surface area contributed by atoms with Crippen LogP contribution in [0, 0.1) is 6.92 Å². The van der Waals surface area contributed by atoms with Gasteiger partial charge in [0, 0.05) is 18.7 Å². The van der Waals surface area contributed by atoms with Crippen LogP contribution in [-0.2, 0) is 14.3 Å². The van der Waals surface area contributed by atoms with Gasteiger partial charge in [0.1, 0.15) is 5.76 Å². The second-order valence-electron chi connectivity index (χ2n) is 8.07. The largest absolute Gasteiger partial charge is 0.507 e. The van der Waals surface area contributed by atoms with Crippen molar-refractivity contribution in [1.29, 1.82) is 0 Å². The molecule has 2 fully saturated rings. The molecule has 2 aromatic carbocycles. The highest BCUT2D eigenvalue weighted by molar-refractivity contribution is 6.46. The van der Waals surface area contributed by atoms with Gasteiger partial charge in [-0.3, -0.25) is 9.59 Å². The van der Waals surface area contributed by atoms with Gasteiger partial charge in [0.15, 0.2) is 11.5 Å². The van der Waals surface area contributed by atoms with Crippen LogP contribution in [0.4, 0.5) is 0 Å². The van der Waals surface area contributed by atoms with E-state index in [1.165, 1.54) is 4.90 Å². The van der Waals surface area contributed by atoms with Crippen molar-refractivity contribution in [2.75, 3.05) is 19.9 Å². The first kappa shape index (κ1) is 19.6. The van der Waals surface area contributed by atoms with Gasteiger partial charge in [-0.2, -0.15) is 0 Å². The maximum Gasteiger partial charge on any atom is 0.295 e. The molecule has 1 amide bonds. The first-order chi connectivity index (χ1) is 15.0. The Bertz CT molecular complexity index is 1070. The van der Waals surface area contributed by atoms with Gasteiger partial charge >= 0.3 is 0 Å². The van der Waals surface area contributed by atoms with Gasteiger partial charge in [0.25, 0.3) is 11.7 Å². The Kier molecular flexibility index (Phi) is 4.90. The van der Waals surface area contributed by atoms with Gasteiger partial charge < -0.3 is 24.2 Å². The summed E-state index contributed by atoms with van der Waals surface area (Å²) < 4.78 is 16.6. The van der Waals surface area contributed by atoms with E-state index in [-0.39, 0.29) is 30.8 Å². The summed E-state index contributed by atoms with van der Waals surface area (Å²) in [6.45, 7) is 3.00. The minimum atomic E-state index is -0.736. The molecule has 2 saturated heterocycles. The van der Waals surface area contributed by atoms with Crippen LogP contribution in [0.1, 0.15) is 35.6 Å². The molecule has 2 atom stereocenters. The number of aliphatic hydroxyl groups is 1. The molecule has 5 rings (SSSR count). The fourth-order valence-corrected chi connectivity index (χ4v) is 4.37. The van der Waals surface area contributed by atoms with Crippen LogP contribution in [0.15, 0.2) is 48.0 Å². The minimum Gasteiger partial charge on any atom is -0.507 e. The third kappa shape index (κ3) is 3.45. The Morgan fingerprint density at radius 1 is 1.10 bits per heavy atom. The molecule has 0 radical (unpaired) electrons. The van der Waals surface area contributed by atoms with Crippen LogP contribution < -0.4 is 9.47 Å². The van der Waals surface area contributed by atoms with Crippen molar-refractivity contribution in [2.45, 2.75) is 31.9 Å². The van der Waals surface area contributed by atoms with E-state index >= 15 is 0 Å². The lowest BCUT2D eigenvalue weighted by atomic mass is 9.94. The summed E-state index contributed by atoms with van der Waals surface area (Å²) in [5.74, 6) is -0.352. The number of hydrogen-bond acceptors (Lipinski definition) is 6. The third-order valence-electron chi connectivity index (χ3n) is 6.00. The summed E-state index contributed by atoms with van der Waals surface area (Å²) in [4.78, 5) is 27.6. The first-order valence-corrected chi connectivity index (χ1v) is 10.4. The molecule has 0 unspecified atom stereocenters. The van der Waals surface area contributed by atoms with Gasteiger partial charge in [-0.15, -0.1) is 0 Å². The number of benzene rings is 2. The molecule has 3 aliphatic rings. The van der Waals surface area contributed by atoms with E-state index in [1.54, 1.807) is 30.3 Å². The van der Waals surface area contributed by atoms with Crippen LogP contribution in [0.3, 0.4) is 0 Å². The standard InChI is InChI=1S/C24H23NO6/c1-14-4-6-15(7-5-14)22(26)20-21(16-8-9-18-19(11-16)31-13-30-18)25(24(28)23(20)27)12-17-3-2-10-29-17/h4-9,11,17,21,26H,2-3,10,12-13H2,1H3/t17-,21+/m0/s1. The Morgan fingerprint density at radius 3 is 2.61 bits per heavy atom. The Labute approximate surface area is 179 Å². The topological polar surface area (TPSA) is 85.3 Å². The summed E-state index contributed by atoms with van der Waals surface area (Å²) >= 11 is 0. The number of rotatable bonds is 4. The zero-order chi connectivity index (χ0) is 21.5. The normalized spacial score (nSPS) is 24.2. The van der Waals surface area contributed by atoms with Crippen molar-refractivity contribution < 1.29 is 28.9 Å². The Balaban J connectivity index is 1.62. The predicted molar refractivity (Wildman–Crippen MR) is 112 cm³/mol. The molecule has 0 spiro atoms. The molecule has 2 aromatic rings. The van der Waals surface area contributed by atoms with Crippen molar-refractivity contribution >= 4 is 17.4 Å². The first-order valence-electron chi connectivity index (χ1n) is 10.4. The molecule has 3 aliphatic heterocycles. The van der Waals surface area contributed by atoms with Crippen molar-refractivity contribution in [3.63, 3.8) is 0 Å². The van der Waals surface area contributed by atoms with Gasteiger partial charge in [-0.05, 0) is 37.5 Å². The summed E-state index contributed by atoms with van der Waals surface area (Å²) in [7, 11) is 0. The van der Waals surface area contributed by atoms with Crippen LogP contribution >= 0.6 is 0 Å². The number of ether oxygens (including phenoxy) is 3. The Morgan fingerprint density at radius 2 is 1.87 bits per heavy atom. The number of ketones is 1. The summed E-state index contributed by atoms with van der Waals surface area (Å²) in [5.41, 5.74) is 2.27. The molecule has 7 heteroatoms. The summed E-state index contributed by atoms with van der Waals surface area (Å²) in [5, 5.41) is 11.1. The third-order valence-corrected chi connectivity index (χ3v) is 6.00. The van der Waals surface area contributed by atoms with E-state index in [0.717, 1.165) is 18.4 Å². The van der Waals surface area contributed by atoms with Crippen LogP contribution in [-0.4, -0.2) is 47.7 Å². The highest BCUT2D eigenvalue weighted by Gasteiger charge is 2.47. The van der Waals surface area contributed by atoms with Crippen molar-refractivity contribution in [3.05, 3.63) is 64.7 Å². The lowest BCUT2D eigenvalue weighted by molar-refractivity contribution is -0.140. The molecule has 0 bridgehead atoms. The smallest absolute Gasteiger partial charge is 0.295 e. The molecule has 160 valence electrons. The number of Topliss-reactive ketones (excluding diaryl/α,β-unsaturated/α-hetero) is 1. The SMILES string of the molecule is Cc1ccc(C(O)=C2C(=O)C(=O)N(C[C@@H]3CCCO3)[C@@H]2c2ccc3c(c2)OCO3)cc1. The van der Waals surface area contributed by atoms with Crippen molar-refractivity contribution in [2.24, 2.45) is 0 Å². The quantitative estimate of drug-likeness (QED) is 0.463. The molecule has 0 saturated carbocycles. The van der Waals surface area contributed by atoms with Crippen LogP contribution in [0.2, 0.25) is 0 Å².